The molecule has 3 nitrogen and oxygen atoms in total. The molecule has 0 aliphatic heterocycles. The number of nitrogens with one attached hydrogen (secondary N) is 1. The number of aromatic nitrogens is 2. The third kappa shape index (κ3) is 1.99. The molecule has 1 aromatic heterocycles. The Hall–Kier alpha value is -1.61. The average molecular weight is 215 g/mol. The molecule has 0 saturated heterocycles. The smallest absolute Gasteiger partial charge is 0.0952 e. The van der Waals surface area contributed by atoms with Crippen LogP contribution in [0.1, 0.15) is 16.8 Å². The van der Waals surface area contributed by atoms with Crippen LogP contribution < -0.4 is 5.73 Å². The maximum absolute atomic E-state index is 5.52. The van der Waals surface area contributed by atoms with Gasteiger partial charge in [0.2, 0.25) is 0 Å². The number of rotatable bonds is 3. The van der Waals surface area contributed by atoms with E-state index in [2.05, 4.69) is 41.4 Å². The van der Waals surface area contributed by atoms with Crippen molar-refractivity contribution in [1.82, 2.24) is 10.2 Å². The number of H-pyrrole nitrogens is 1. The zero-order valence-electron chi connectivity index (χ0n) is 9.75. The number of hydrogen-bond donors (Lipinski definition) is 2. The van der Waals surface area contributed by atoms with E-state index in [9.17, 15) is 0 Å². The van der Waals surface area contributed by atoms with Crippen molar-refractivity contribution in [3.63, 3.8) is 0 Å². The zero-order valence-corrected chi connectivity index (χ0v) is 9.75. The molecule has 0 aliphatic carbocycles. The van der Waals surface area contributed by atoms with Gasteiger partial charge in [-0.2, -0.15) is 5.10 Å². The van der Waals surface area contributed by atoms with Crippen LogP contribution >= 0.6 is 0 Å². The minimum atomic E-state index is 0.694. The van der Waals surface area contributed by atoms with E-state index in [1.54, 1.807) is 0 Å². The highest BCUT2D eigenvalue weighted by Crippen LogP contribution is 2.22. The van der Waals surface area contributed by atoms with Gasteiger partial charge < -0.3 is 5.73 Å². The largest absolute Gasteiger partial charge is 0.330 e. The molecule has 16 heavy (non-hydrogen) atoms. The predicted molar refractivity (Wildman–Crippen MR) is 66.3 cm³/mol. The van der Waals surface area contributed by atoms with E-state index in [1.165, 1.54) is 11.1 Å². The molecule has 0 radical (unpaired) electrons. The molecule has 0 atom stereocenters. The van der Waals surface area contributed by atoms with Gasteiger partial charge in [0, 0.05) is 11.3 Å². The van der Waals surface area contributed by atoms with Crippen LogP contribution in [-0.4, -0.2) is 16.7 Å². The summed E-state index contributed by atoms with van der Waals surface area (Å²) in [5, 5.41) is 7.32. The lowest BCUT2D eigenvalue weighted by Gasteiger charge is -2.02. The number of hydrogen-bond acceptors (Lipinski definition) is 2. The summed E-state index contributed by atoms with van der Waals surface area (Å²) in [6.45, 7) is 4.82. The fourth-order valence-corrected chi connectivity index (χ4v) is 1.76. The molecule has 2 rings (SSSR count). The van der Waals surface area contributed by atoms with Crippen LogP contribution in [-0.2, 0) is 6.42 Å². The van der Waals surface area contributed by atoms with E-state index < -0.39 is 0 Å². The fraction of sp³-hybridized carbons (Fsp3) is 0.308. The van der Waals surface area contributed by atoms with Crippen LogP contribution in [0.3, 0.4) is 0 Å². The molecule has 0 amide bonds. The molecule has 2 aromatic rings. The molecule has 1 aromatic carbocycles. The molecular formula is C13H17N3. The fourth-order valence-electron chi connectivity index (χ4n) is 1.76. The van der Waals surface area contributed by atoms with Crippen LogP contribution in [0.5, 0.6) is 0 Å². The van der Waals surface area contributed by atoms with Crippen molar-refractivity contribution in [2.75, 3.05) is 6.54 Å². The minimum Gasteiger partial charge on any atom is -0.330 e. The highest BCUT2D eigenvalue weighted by atomic mass is 15.1. The lowest BCUT2D eigenvalue weighted by atomic mass is 10.0. The van der Waals surface area contributed by atoms with Crippen LogP contribution in [0.25, 0.3) is 11.3 Å². The maximum Gasteiger partial charge on any atom is 0.0952 e. The Kier molecular flexibility index (Phi) is 3.06. The van der Waals surface area contributed by atoms with Crippen molar-refractivity contribution >= 4 is 0 Å². The third-order valence-electron chi connectivity index (χ3n) is 2.91. The maximum atomic E-state index is 5.52. The second-order valence-electron chi connectivity index (χ2n) is 4.06. The molecule has 0 saturated carbocycles. The quantitative estimate of drug-likeness (QED) is 0.824. The Balaban J connectivity index is 2.31. The first kappa shape index (κ1) is 10.9. The predicted octanol–water partition coefficient (Wildman–Crippen LogP) is 2.19. The summed E-state index contributed by atoms with van der Waals surface area (Å²) >= 11 is 0. The van der Waals surface area contributed by atoms with Crippen molar-refractivity contribution in [2.45, 2.75) is 20.3 Å². The summed E-state index contributed by atoms with van der Waals surface area (Å²) in [6, 6.07) is 8.44. The van der Waals surface area contributed by atoms with Crippen molar-refractivity contribution in [1.29, 1.82) is 0 Å². The molecule has 3 heteroatoms. The summed E-state index contributed by atoms with van der Waals surface area (Å²) in [5.41, 5.74) is 11.3. The van der Waals surface area contributed by atoms with Crippen LogP contribution in [0, 0.1) is 13.8 Å². The Morgan fingerprint density at radius 3 is 2.38 bits per heavy atom. The first-order valence-corrected chi connectivity index (χ1v) is 5.53. The standard InChI is InChI=1S/C13H17N3/c1-9-10(2)15-16-13(9)12-5-3-11(4-6-12)7-8-14/h3-6H,7-8,14H2,1-2H3,(H,15,16). The van der Waals surface area contributed by atoms with E-state index in [0.717, 1.165) is 23.4 Å². The third-order valence-corrected chi connectivity index (χ3v) is 2.91. The van der Waals surface area contributed by atoms with Gasteiger partial charge in [-0.05, 0) is 37.9 Å². The SMILES string of the molecule is Cc1[nH]nc(-c2ccc(CCN)cc2)c1C. The van der Waals surface area contributed by atoms with Crippen molar-refractivity contribution in [2.24, 2.45) is 5.73 Å². The first-order chi connectivity index (χ1) is 7.72. The monoisotopic (exact) mass is 215 g/mol. The first-order valence-electron chi connectivity index (χ1n) is 5.53. The number of benzene rings is 1. The van der Waals surface area contributed by atoms with Crippen LogP contribution in [0.4, 0.5) is 0 Å². The summed E-state index contributed by atoms with van der Waals surface area (Å²) in [7, 11) is 0. The summed E-state index contributed by atoms with van der Waals surface area (Å²) < 4.78 is 0. The highest BCUT2D eigenvalue weighted by Gasteiger charge is 2.07. The average Bonchev–Trinajstić information content (AvgIpc) is 2.62. The van der Waals surface area contributed by atoms with Gasteiger partial charge in [-0.25, -0.2) is 0 Å². The van der Waals surface area contributed by atoms with Gasteiger partial charge in [0.05, 0.1) is 5.69 Å². The molecule has 0 spiro atoms. The molecule has 1 heterocycles. The van der Waals surface area contributed by atoms with Crippen LogP contribution in [0.2, 0.25) is 0 Å². The molecule has 0 bridgehead atoms. The van der Waals surface area contributed by atoms with Crippen molar-refractivity contribution in [3.8, 4) is 11.3 Å². The second-order valence-corrected chi connectivity index (χ2v) is 4.06. The lowest BCUT2D eigenvalue weighted by Crippen LogP contribution is -2.02. The minimum absolute atomic E-state index is 0.694. The topological polar surface area (TPSA) is 54.7 Å². The van der Waals surface area contributed by atoms with E-state index in [0.29, 0.717) is 6.54 Å². The number of nitrogens with zero attached hydrogens (tertiary/aromatic N) is 1. The Labute approximate surface area is 95.7 Å². The number of nitrogens with two attached hydrogens (primary N) is 1. The van der Waals surface area contributed by atoms with E-state index in [-0.39, 0.29) is 0 Å². The Bertz CT molecular complexity index is 468. The van der Waals surface area contributed by atoms with Gasteiger partial charge in [0.25, 0.3) is 0 Å². The summed E-state index contributed by atoms with van der Waals surface area (Å²) in [6.07, 6.45) is 0.929. The van der Waals surface area contributed by atoms with Gasteiger partial charge >= 0.3 is 0 Å². The molecule has 0 fully saturated rings. The lowest BCUT2D eigenvalue weighted by molar-refractivity contribution is 0.969. The van der Waals surface area contributed by atoms with Gasteiger partial charge in [0.15, 0.2) is 0 Å². The van der Waals surface area contributed by atoms with Gasteiger partial charge in [-0.15, -0.1) is 0 Å². The number of aromatic amines is 1. The van der Waals surface area contributed by atoms with E-state index in [1.807, 2.05) is 6.92 Å². The molecule has 3 N–H and O–H groups in total. The summed E-state index contributed by atoms with van der Waals surface area (Å²) in [4.78, 5) is 0. The highest BCUT2D eigenvalue weighted by molar-refractivity contribution is 5.63. The summed E-state index contributed by atoms with van der Waals surface area (Å²) in [5.74, 6) is 0. The normalized spacial score (nSPS) is 10.7. The Morgan fingerprint density at radius 2 is 1.88 bits per heavy atom. The van der Waals surface area contributed by atoms with Gasteiger partial charge in [0.1, 0.15) is 0 Å². The van der Waals surface area contributed by atoms with E-state index >= 15 is 0 Å². The number of aryl methyl sites for hydroxylation is 1. The second kappa shape index (κ2) is 4.49. The van der Waals surface area contributed by atoms with Crippen molar-refractivity contribution in [3.05, 3.63) is 41.1 Å². The molecular weight excluding hydrogens is 198 g/mol. The van der Waals surface area contributed by atoms with Gasteiger partial charge in [-0.3, -0.25) is 5.10 Å². The molecule has 0 aliphatic rings. The van der Waals surface area contributed by atoms with Crippen LogP contribution in [0.15, 0.2) is 24.3 Å². The Morgan fingerprint density at radius 1 is 1.19 bits per heavy atom. The van der Waals surface area contributed by atoms with Crippen molar-refractivity contribution < 1.29 is 0 Å². The van der Waals surface area contributed by atoms with Gasteiger partial charge in [-0.1, -0.05) is 24.3 Å². The zero-order chi connectivity index (χ0) is 11.5. The van der Waals surface area contributed by atoms with E-state index in [4.69, 9.17) is 5.73 Å². The molecule has 84 valence electrons. The molecule has 0 unspecified atom stereocenters.